The normalized spacial score (nSPS) is 11.8. The number of hydrogen-bond acceptors (Lipinski definition) is 4. The summed E-state index contributed by atoms with van der Waals surface area (Å²) in [6.07, 6.45) is -3.70. The number of Topliss-reactive ketones (excluding diaryl/α,β-unsaturated/α-hetero) is 1. The minimum absolute atomic E-state index is 0.126. The molecule has 1 aromatic carbocycles. The van der Waals surface area contributed by atoms with Gasteiger partial charge in [0.2, 0.25) is 5.16 Å². The van der Waals surface area contributed by atoms with Gasteiger partial charge in [-0.3, -0.25) is 9.89 Å². The van der Waals surface area contributed by atoms with Crippen molar-refractivity contribution in [2.75, 3.05) is 5.75 Å². The van der Waals surface area contributed by atoms with Crippen LogP contribution in [0.3, 0.4) is 0 Å². The zero-order chi connectivity index (χ0) is 20.5. The van der Waals surface area contributed by atoms with Crippen molar-refractivity contribution in [2.24, 2.45) is 0 Å². The number of alkyl halides is 3. The van der Waals surface area contributed by atoms with E-state index in [-0.39, 0.29) is 11.5 Å². The largest absolute Gasteiger partial charge is 0.416 e. The molecular weight excluding hydrogens is 389 g/mol. The zero-order valence-corrected chi connectivity index (χ0v) is 16.4. The highest BCUT2D eigenvalue weighted by Gasteiger charge is 2.30. The lowest BCUT2D eigenvalue weighted by Crippen LogP contribution is -2.08. The summed E-state index contributed by atoms with van der Waals surface area (Å²) < 4.78 is 40.7. The Morgan fingerprint density at radius 3 is 2.64 bits per heavy atom. The maximum Gasteiger partial charge on any atom is 0.416 e. The SMILES string of the molecule is CCc1nc(SCC(=O)c2cc(C)n(-c3cccc(C(F)(F)F)c3)c2C)n[nH]1. The number of carbonyl (C=O) groups is 1. The van der Waals surface area contributed by atoms with Crippen molar-refractivity contribution in [1.29, 1.82) is 0 Å². The Kier molecular flexibility index (Phi) is 5.64. The number of rotatable bonds is 6. The molecule has 0 saturated carbocycles. The van der Waals surface area contributed by atoms with Gasteiger partial charge in [0, 0.05) is 29.1 Å². The van der Waals surface area contributed by atoms with Crippen LogP contribution in [-0.4, -0.2) is 31.3 Å². The van der Waals surface area contributed by atoms with Crippen LogP contribution in [0.5, 0.6) is 0 Å². The Morgan fingerprint density at radius 1 is 1.25 bits per heavy atom. The number of carbonyl (C=O) groups excluding carboxylic acids is 1. The molecule has 0 aliphatic rings. The van der Waals surface area contributed by atoms with E-state index in [1.165, 1.54) is 17.8 Å². The highest BCUT2D eigenvalue weighted by Crippen LogP contribution is 2.31. The van der Waals surface area contributed by atoms with Crippen molar-refractivity contribution >= 4 is 17.5 Å². The number of hydrogen-bond donors (Lipinski definition) is 1. The van der Waals surface area contributed by atoms with Gasteiger partial charge in [-0.2, -0.15) is 13.2 Å². The molecule has 2 heterocycles. The van der Waals surface area contributed by atoms with Crippen molar-refractivity contribution in [3.05, 3.63) is 58.7 Å². The molecule has 3 rings (SSSR count). The molecule has 3 aromatic rings. The third kappa shape index (κ3) is 4.14. The summed E-state index contributed by atoms with van der Waals surface area (Å²) in [6.45, 7) is 5.44. The number of aromatic amines is 1. The fourth-order valence-electron chi connectivity index (χ4n) is 2.97. The second kappa shape index (κ2) is 7.83. The first-order valence-corrected chi connectivity index (χ1v) is 9.63. The molecule has 0 unspecified atom stereocenters. The maximum absolute atomic E-state index is 13.0. The molecule has 9 heteroatoms. The van der Waals surface area contributed by atoms with Crippen molar-refractivity contribution < 1.29 is 18.0 Å². The number of thioether (sulfide) groups is 1. The average Bonchev–Trinajstić information content (AvgIpc) is 3.23. The summed E-state index contributed by atoms with van der Waals surface area (Å²) >= 11 is 1.22. The fraction of sp³-hybridized carbons (Fsp3) is 0.316. The second-order valence-corrected chi connectivity index (χ2v) is 7.24. The molecule has 0 aliphatic heterocycles. The van der Waals surface area contributed by atoms with Crippen LogP contribution in [-0.2, 0) is 12.6 Å². The molecule has 0 bridgehead atoms. The lowest BCUT2D eigenvalue weighted by atomic mass is 10.1. The molecule has 2 aromatic heterocycles. The molecule has 0 atom stereocenters. The van der Waals surface area contributed by atoms with E-state index in [0.29, 0.717) is 27.8 Å². The van der Waals surface area contributed by atoms with E-state index in [1.807, 2.05) is 6.92 Å². The molecule has 148 valence electrons. The number of benzene rings is 1. The zero-order valence-electron chi connectivity index (χ0n) is 15.6. The Labute approximate surface area is 164 Å². The highest BCUT2D eigenvalue weighted by atomic mass is 32.2. The van der Waals surface area contributed by atoms with Crippen LogP contribution in [0.2, 0.25) is 0 Å². The van der Waals surface area contributed by atoms with Crippen LogP contribution in [0, 0.1) is 13.8 Å². The molecule has 0 fully saturated rings. The number of ketones is 1. The third-order valence-corrected chi connectivity index (χ3v) is 5.19. The van der Waals surface area contributed by atoms with Gasteiger partial charge >= 0.3 is 6.18 Å². The number of aryl methyl sites for hydroxylation is 2. The Bertz CT molecular complexity index is 1010. The van der Waals surface area contributed by atoms with Crippen LogP contribution in [0.15, 0.2) is 35.5 Å². The minimum atomic E-state index is -4.42. The van der Waals surface area contributed by atoms with Crippen molar-refractivity contribution in [1.82, 2.24) is 19.7 Å². The standard InChI is InChI=1S/C19H19F3N4OS/c1-4-17-23-18(25-24-17)28-10-16(27)15-8-11(2)26(12(15)3)14-7-5-6-13(9-14)19(20,21)22/h5-9H,4,10H2,1-3H3,(H,23,24,25). The number of aromatic nitrogens is 4. The predicted molar refractivity (Wildman–Crippen MR) is 101 cm³/mol. The van der Waals surface area contributed by atoms with Gasteiger partial charge in [-0.25, -0.2) is 4.98 Å². The van der Waals surface area contributed by atoms with Crippen LogP contribution in [0.1, 0.15) is 40.1 Å². The topological polar surface area (TPSA) is 63.6 Å². The molecule has 0 aliphatic carbocycles. The van der Waals surface area contributed by atoms with E-state index in [4.69, 9.17) is 0 Å². The molecule has 0 spiro atoms. The summed E-state index contributed by atoms with van der Waals surface area (Å²) in [6, 6.07) is 6.78. The van der Waals surface area contributed by atoms with Crippen molar-refractivity contribution in [3.63, 3.8) is 0 Å². The van der Waals surface area contributed by atoms with Crippen LogP contribution in [0.25, 0.3) is 5.69 Å². The van der Waals surface area contributed by atoms with Gasteiger partial charge in [0.05, 0.1) is 11.3 Å². The van der Waals surface area contributed by atoms with Gasteiger partial charge in [-0.1, -0.05) is 24.8 Å². The molecule has 28 heavy (non-hydrogen) atoms. The lowest BCUT2D eigenvalue weighted by Gasteiger charge is -2.13. The molecule has 0 amide bonds. The Balaban J connectivity index is 1.84. The van der Waals surface area contributed by atoms with Crippen molar-refractivity contribution in [2.45, 2.75) is 38.5 Å². The molecule has 5 nitrogen and oxygen atoms in total. The minimum Gasteiger partial charge on any atom is -0.318 e. The molecule has 1 N–H and O–H groups in total. The monoisotopic (exact) mass is 408 g/mol. The molecule has 0 radical (unpaired) electrons. The summed E-state index contributed by atoms with van der Waals surface area (Å²) in [4.78, 5) is 16.9. The van der Waals surface area contributed by atoms with E-state index in [1.54, 1.807) is 30.5 Å². The Morgan fingerprint density at radius 2 is 2.00 bits per heavy atom. The van der Waals surface area contributed by atoms with Gasteiger partial charge in [0.25, 0.3) is 0 Å². The van der Waals surface area contributed by atoms with Crippen LogP contribution in [0.4, 0.5) is 13.2 Å². The number of halogens is 3. The van der Waals surface area contributed by atoms with Gasteiger partial charge in [0.1, 0.15) is 5.82 Å². The number of nitrogens with one attached hydrogen (secondary N) is 1. The van der Waals surface area contributed by atoms with E-state index in [9.17, 15) is 18.0 Å². The van der Waals surface area contributed by atoms with E-state index in [0.717, 1.165) is 24.4 Å². The molecule has 0 saturated heterocycles. The summed E-state index contributed by atoms with van der Waals surface area (Å²) in [7, 11) is 0. The Hall–Kier alpha value is -2.55. The van der Waals surface area contributed by atoms with Gasteiger partial charge in [-0.15, -0.1) is 5.10 Å². The summed E-state index contributed by atoms with van der Waals surface area (Å²) in [5.41, 5.74) is 1.42. The first-order valence-electron chi connectivity index (χ1n) is 8.64. The van der Waals surface area contributed by atoms with E-state index in [2.05, 4.69) is 15.2 Å². The number of nitrogens with zero attached hydrogens (tertiary/aromatic N) is 3. The van der Waals surface area contributed by atoms with Crippen LogP contribution >= 0.6 is 11.8 Å². The lowest BCUT2D eigenvalue weighted by molar-refractivity contribution is -0.137. The summed E-state index contributed by atoms with van der Waals surface area (Å²) in [5, 5.41) is 7.33. The van der Waals surface area contributed by atoms with E-state index >= 15 is 0 Å². The fourth-order valence-corrected chi connectivity index (χ4v) is 3.67. The van der Waals surface area contributed by atoms with Gasteiger partial charge < -0.3 is 4.57 Å². The maximum atomic E-state index is 13.0. The van der Waals surface area contributed by atoms with Crippen molar-refractivity contribution in [3.8, 4) is 5.69 Å². The average molecular weight is 408 g/mol. The van der Waals surface area contributed by atoms with Gasteiger partial charge in [-0.05, 0) is 38.1 Å². The highest BCUT2D eigenvalue weighted by molar-refractivity contribution is 7.99. The van der Waals surface area contributed by atoms with E-state index < -0.39 is 11.7 Å². The quantitative estimate of drug-likeness (QED) is 0.471. The van der Waals surface area contributed by atoms with Gasteiger partial charge in [0.15, 0.2) is 5.78 Å². The second-order valence-electron chi connectivity index (χ2n) is 6.30. The molecular formula is C19H19F3N4OS. The van der Waals surface area contributed by atoms with Crippen LogP contribution < -0.4 is 0 Å². The summed E-state index contributed by atoms with van der Waals surface area (Å²) in [5.74, 6) is 0.769. The smallest absolute Gasteiger partial charge is 0.318 e. The third-order valence-electron chi connectivity index (χ3n) is 4.34. The number of H-pyrrole nitrogens is 1. The first kappa shape index (κ1) is 20.2. The predicted octanol–water partition coefficient (Wildman–Crippen LogP) is 4.77. The first-order chi connectivity index (χ1) is 13.2.